The second-order valence-electron chi connectivity index (χ2n) is 6.15. The number of rotatable bonds is 7. The van der Waals surface area contributed by atoms with Crippen LogP contribution >= 0.6 is 0 Å². The highest BCUT2D eigenvalue weighted by Crippen LogP contribution is 2.22. The van der Waals surface area contributed by atoms with Gasteiger partial charge in [0.1, 0.15) is 6.04 Å². The molecule has 0 saturated carbocycles. The lowest BCUT2D eigenvalue weighted by molar-refractivity contribution is 0.199. The Balaban J connectivity index is 1.64. The van der Waals surface area contributed by atoms with E-state index in [1.807, 2.05) is 54.2 Å². The minimum atomic E-state index is -0.415. The molecular weight excluding hydrogens is 346 g/mol. The third kappa shape index (κ3) is 4.53. The Kier molecular flexibility index (Phi) is 5.87. The molecule has 1 atom stereocenters. The zero-order chi connectivity index (χ0) is 19.2. The van der Waals surface area contributed by atoms with Gasteiger partial charge >= 0.3 is 6.03 Å². The third-order valence-corrected chi connectivity index (χ3v) is 4.17. The van der Waals surface area contributed by atoms with Gasteiger partial charge in [0, 0.05) is 37.3 Å². The van der Waals surface area contributed by atoms with E-state index in [1.165, 1.54) is 0 Å². The fraction of sp³-hybridized carbons (Fsp3) is 0.316. The van der Waals surface area contributed by atoms with Crippen LogP contribution in [-0.4, -0.2) is 34.5 Å². The average molecular weight is 369 g/mol. The van der Waals surface area contributed by atoms with Crippen molar-refractivity contribution in [3.8, 4) is 5.69 Å². The van der Waals surface area contributed by atoms with Gasteiger partial charge in [-0.15, -0.1) is 0 Å². The van der Waals surface area contributed by atoms with E-state index < -0.39 is 6.04 Å². The lowest BCUT2D eigenvalue weighted by Crippen LogP contribution is -2.31. The van der Waals surface area contributed by atoms with Gasteiger partial charge in [-0.25, -0.2) is 4.79 Å². The van der Waals surface area contributed by atoms with Gasteiger partial charge in [-0.05, 0) is 43.7 Å². The first-order valence-electron chi connectivity index (χ1n) is 8.70. The summed E-state index contributed by atoms with van der Waals surface area (Å²) >= 11 is 0. The zero-order valence-corrected chi connectivity index (χ0v) is 15.6. The molecule has 3 rings (SSSR count). The first kappa shape index (κ1) is 18.7. The Labute approximate surface area is 157 Å². The predicted molar refractivity (Wildman–Crippen MR) is 101 cm³/mol. The van der Waals surface area contributed by atoms with Crippen LogP contribution < -0.4 is 10.6 Å². The van der Waals surface area contributed by atoms with Gasteiger partial charge in [-0.3, -0.25) is 0 Å². The standard InChI is InChI=1S/C19H23N5O3/c1-13-15(7-6-8-16(13)24-10-4-5-11-24)21-19(25)20-14(2)18-22-17(23-27-18)9-12-26-3/h4-8,10-11,14H,9,12H2,1-3H3,(H2,20,21,25). The topological polar surface area (TPSA) is 94.2 Å². The van der Waals surface area contributed by atoms with Gasteiger partial charge in [0.05, 0.1) is 6.61 Å². The highest BCUT2D eigenvalue weighted by Gasteiger charge is 2.17. The third-order valence-electron chi connectivity index (χ3n) is 4.17. The molecule has 0 spiro atoms. The second-order valence-corrected chi connectivity index (χ2v) is 6.15. The van der Waals surface area contributed by atoms with Gasteiger partial charge in [-0.2, -0.15) is 4.98 Å². The van der Waals surface area contributed by atoms with E-state index in [0.29, 0.717) is 24.7 Å². The molecule has 0 aliphatic heterocycles. The largest absolute Gasteiger partial charge is 0.384 e. The van der Waals surface area contributed by atoms with Crippen LogP contribution in [0.25, 0.3) is 5.69 Å². The van der Waals surface area contributed by atoms with Gasteiger partial charge in [-0.1, -0.05) is 11.2 Å². The van der Waals surface area contributed by atoms with Crippen LogP contribution in [0, 0.1) is 6.92 Å². The number of methoxy groups -OCH3 is 1. The van der Waals surface area contributed by atoms with Crippen LogP contribution in [-0.2, 0) is 11.2 Å². The minimum Gasteiger partial charge on any atom is -0.384 e. The van der Waals surface area contributed by atoms with E-state index in [9.17, 15) is 4.79 Å². The molecule has 8 heteroatoms. The van der Waals surface area contributed by atoms with Crippen molar-refractivity contribution < 1.29 is 14.1 Å². The summed E-state index contributed by atoms with van der Waals surface area (Å²) in [5.41, 5.74) is 2.71. The van der Waals surface area contributed by atoms with Crippen molar-refractivity contribution in [1.82, 2.24) is 20.0 Å². The molecule has 1 aromatic carbocycles. The van der Waals surface area contributed by atoms with Gasteiger partial charge in [0.25, 0.3) is 0 Å². The van der Waals surface area contributed by atoms with Crippen LogP contribution in [0.15, 0.2) is 47.2 Å². The van der Waals surface area contributed by atoms with Crippen molar-refractivity contribution in [2.24, 2.45) is 0 Å². The molecule has 0 saturated heterocycles. The minimum absolute atomic E-state index is 0.341. The molecule has 2 heterocycles. The maximum Gasteiger partial charge on any atom is 0.319 e. The Hall–Kier alpha value is -3.13. The maximum absolute atomic E-state index is 12.4. The summed E-state index contributed by atoms with van der Waals surface area (Å²) < 4.78 is 12.2. The maximum atomic E-state index is 12.4. The quantitative estimate of drug-likeness (QED) is 0.667. The molecule has 2 aromatic heterocycles. The summed E-state index contributed by atoms with van der Waals surface area (Å²) in [6.07, 6.45) is 4.49. The average Bonchev–Trinajstić information content (AvgIpc) is 3.33. The predicted octanol–water partition coefficient (Wildman–Crippen LogP) is 3.24. The van der Waals surface area contributed by atoms with E-state index in [2.05, 4.69) is 20.8 Å². The van der Waals surface area contributed by atoms with Gasteiger partial charge in [0.15, 0.2) is 5.82 Å². The lowest BCUT2D eigenvalue weighted by Gasteiger charge is -2.15. The van der Waals surface area contributed by atoms with Crippen LogP contribution in [0.2, 0.25) is 0 Å². The molecule has 0 aliphatic rings. The summed E-state index contributed by atoms with van der Waals surface area (Å²) in [5, 5.41) is 9.57. The summed E-state index contributed by atoms with van der Waals surface area (Å²) in [6, 6.07) is 8.93. The van der Waals surface area contributed by atoms with Gasteiger partial charge < -0.3 is 24.5 Å². The Morgan fingerprint density at radius 1 is 1.30 bits per heavy atom. The molecular formula is C19H23N5O3. The molecule has 0 aliphatic carbocycles. The summed E-state index contributed by atoms with van der Waals surface area (Å²) in [7, 11) is 1.61. The molecule has 27 heavy (non-hydrogen) atoms. The van der Waals surface area contributed by atoms with Gasteiger partial charge in [0.2, 0.25) is 5.89 Å². The number of ether oxygens (including phenoxy) is 1. The van der Waals surface area contributed by atoms with Crippen molar-refractivity contribution in [2.45, 2.75) is 26.3 Å². The van der Waals surface area contributed by atoms with Crippen molar-refractivity contribution in [3.05, 3.63) is 60.0 Å². The number of benzene rings is 1. The highest BCUT2D eigenvalue weighted by molar-refractivity contribution is 5.90. The second kappa shape index (κ2) is 8.50. The number of carbonyl (C=O) groups excluding carboxylic acids is 1. The molecule has 1 unspecified atom stereocenters. The van der Waals surface area contributed by atoms with Crippen LogP contribution in [0.1, 0.15) is 30.2 Å². The van der Waals surface area contributed by atoms with Crippen LogP contribution in [0.4, 0.5) is 10.5 Å². The normalized spacial score (nSPS) is 12.0. The van der Waals surface area contributed by atoms with E-state index in [1.54, 1.807) is 14.0 Å². The number of nitrogens with zero attached hydrogens (tertiary/aromatic N) is 3. The molecule has 3 aromatic rings. The first-order chi connectivity index (χ1) is 13.1. The van der Waals surface area contributed by atoms with E-state index in [-0.39, 0.29) is 6.03 Å². The molecule has 2 amide bonds. The van der Waals surface area contributed by atoms with Crippen molar-refractivity contribution in [2.75, 3.05) is 19.0 Å². The fourth-order valence-electron chi connectivity index (χ4n) is 2.69. The van der Waals surface area contributed by atoms with Crippen molar-refractivity contribution >= 4 is 11.7 Å². The number of hydrogen-bond acceptors (Lipinski definition) is 5. The number of amides is 2. The molecule has 0 radical (unpaired) electrons. The summed E-state index contributed by atoms with van der Waals surface area (Å²) in [6.45, 7) is 4.27. The van der Waals surface area contributed by atoms with E-state index in [0.717, 1.165) is 16.9 Å². The Morgan fingerprint density at radius 3 is 2.81 bits per heavy atom. The van der Waals surface area contributed by atoms with Crippen molar-refractivity contribution in [3.63, 3.8) is 0 Å². The summed E-state index contributed by atoms with van der Waals surface area (Å²) in [5.74, 6) is 0.908. The van der Waals surface area contributed by atoms with Crippen molar-refractivity contribution in [1.29, 1.82) is 0 Å². The SMILES string of the molecule is COCCc1noc(C(C)NC(=O)Nc2cccc(-n3cccc3)c2C)n1. The number of hydrogen-bond donors (Lipinski definition) is 2. The number of aromatic nitrogens is 3. The smallest absolute Gasteiger partial charge is 0.319 e. The number of carbonyl (C=O) groups is 1. The molecule has 2 N–H and O–H groups in total. The first-order valence-corrected chi connectivity index (χ1v) is 8.70. The number of nitrogens with one attached hydrogen (secondary N) is 2. The molecule has 142 valence electrons. The molecule has 0 bridgehead atoms. The van der Waals surface area contributed by atoms with Crippen LogP contribution in [0.3, 0.4) is 0 Å². The van der Waals surface area contributed by atoms with Crippen LogP contribution in [0.5, 0.6) is 0 Å². The number of anilines is 1. The zero-order valence-electron chi connectivity index (χ0n) is 15.6. The monoisotopic (exact) mass is 369 g/mol. The lowest BCUT2D eigenvalue weighted by atomic mass is 10.1. The number of urea groups is 1. The Bertz CT molecular complexity index is 889. The Morgan fingerprint density at radius 2 is 2.07 bits per heavy atom. The highest BCUT2D eigenvalue weighted by atomic mass is 16.5. The fourth-order valence-corrected chi connectivity index (χ4v) is 2.69. The molecule has 0 fully saturated rings. The molecule has 8 nitrogen and oxygen atoms in total. The summed E-state index contributed by atoms with van der Waals surface area (Å²) in [4.78, 5) is 16.7. The van der Waals surface area contributed by atoms with E-state index >= 15 is 0 Å². The van der Waals surface area contributed by atoms with E-state index in [4.69, 9.17) is 9.26 Å².